The van der Waals surface area contributed by atoms with Crippen LogP contribution in [0.3, 0.4) is 0 Å². The van der Waals surface area contributed by atoms with Crippen LogP contribution in [0.4, 0.5) is 0 Å². The average molecular weight is 270 g/mol. The second-order valence-electron chi connectivity index (χ2n) is 5.40. The number of carbonyl (C=O) groups excluding carboxylic acids is 1. The molecule has 0 heterocycles. The van der Waals surface area contributed by atoms with Crippen LogP contribution in [0.5, 0.6) is 5.75 Å². The predicted octanol–water partition coefficient (Wildman–Crippen LogP) is 4.34. The number of phenolic OH excluding ortho intramolecular Hbond substituents is 1. The molecule has 2 heteroatoms. The summed E-state index contributed by atoms with van der Waals surface area (Å²) in [5, 5.41) is 9.37. The fraction of sp³-hybridized carbons (Fsp3) is 0.389. The molecule has 1 aliphatic carbocycles. The van der Waals surface area contributed by atoms with Crippen molar-refractivity contribution in [3.63, 3.8) is 0 Å². The van der Waals surface area contributed by atoms with Gasteiger partial charge in [-0.1, -0.05) is 29.9 Å². The van der Waals surface area contributed by atoms with E-state index in [-0.39, 0.29) is 0 Å². The van der Waals surface area contributed by atoms with Crippen molar-refractivity contribution in [3.8, 4) is 5.75 Å². The Bertz CT molecular complexity index is 538. The van der Waals surface area contributed by atoms with E-state index in [1.807, 2.05) is 12.1 Å². The summed E-state index contributed by atoms with van der Waals surface area (Å²) in [5.74, 6) is 0.671. The van der Waals surface area contributed by atoms with Gasteiger partial charge in [0, 0.05) is 6.42 Å². The molecular formula is C18H22O2. The Balaban J connectivity index is 1.70. The van der Waals surface area contributed by atoms with Crippen LogP contribution < -0.4 is 0 Å². The van der Waals surface area contributed by atoms with E-state index in [1.54, 1.807) is 12.1 Å². The molecule has 1 aromatic rings. The van der Waals surface area contributed by atoms with E-state index in [1.165, 1.54) is 5.57 Å². The van der Waals surface area contributed by atoms with Crippen LogP contribution in [0.2, 0.25) is 0 Å². The van der Waals surface area contributed by atoms with Gasteiger partial charge in [-0.15, -0.1) is 0 Å². The monoisotopic (exact) mass is 270 g/mol. The number of ketones is 1. The quantitative estimate of drug-likeness (QED) is 0.781. The van der Waals surface area contributed by atoms with Gasteiger partial charge in [-0.25, -0.2) is 0 Å². The summed E-state index contributed by atoms with van der Waals surface area (Å²) in [5.41, 5.74) is 3.49. The van der Waals surface area contributed by atoms with Gasteiger partial charge < -0.3 is 5.11 Å². The molecule has 0 unspecified atom stereocenters. The van der Waals surface area contributed by atoms with Gasteiger partial charge in [0.1, 0.15) is 5.75 Å². The lowest BCUT2D eigenvalue weighted by molar-refractivity contribution is -0.115. The molecule has 0 atom stereocenters. The third kappa shape index (κ3) is 4.09. The molecule has 0 aromatic heterocycles. The molecule has 20 heavy (non-hydrogen) atoms. The fourth-order valence-electron chi connectivity index (χ4n) is 2.62. The summed E-state index contributed by atoms with van der Waals surface area (Å²) < 4.78 is 0. The third-order valence-corrected chi connectivity index (χ3v) is 3.82. The Labute approximate surface area is 120 Å². The van der Waals surface area contributed by atoms with Crippen molar-refractivity contribution in [2.24, 2.45) is 0 Å². The van der Waals surface area contributed by atoms with Crippen molar-refractivity contribution in [1.82, 2.24) is 0 Å². The number of Topliss-reactive ketones (excluding diaryl/α,β-unsaturated/α-hetero) is 1. The SMILES string of the molecule is CC1=C(CCC=CCCc2cccc(O)c2)C(=O)CC1. The van der Waals surface area contributed by atoms with E-state index >= 15 is 0 Å². The highest BCUT2D eigenvalue weighted by Gasteiger charge is 2.18. The molecule has 0 saturated heterocycles. The van der Waals surface area contributed by atoms with Crippen molar-refractivity contribution in [2.75, 3.05) is 0 Å². The maximum atomic E-state index is 11.6. The molecular weight excluding hydrogens is 248 g/mol. The minimum Gasteiger partial charge on any atom is -0.508 e. The highest BCUT2D eigenvalue weighted by Crippen LogP contribution is 2.25. The van der Waals surface area contributed by atoms with Gasteiger partial charge in [0.25, 0.3) is 0 Å². The maximum absolute atomic E-state index is 11.6. The molecule has 0 saturated carbocycles. The van der Waals surface area contributed by atoms with Gasteiger partial charge >= 0.3 is 0 Å². The Morgan fingerprint density at radius 1 is 1.15 bits per heavy atom. The molecule has 0 aliphatic heterocycles. The molecule has 0 bridgehead atoms. The molecule has 1 N–H and O–H groups in total. The summed E-state index contributed by atoms with van der Waals surface area (Å²) in [6, 6.07) is 7.39. The van der Waals surface area contributed by atoms with Crippen molar-refractivity contribution in [2.45, 2.75) is 45.4 Å². The van der Waals surface area contributed by atoms with Crippen molar-refractivity contribution < 1.29 is 9.90 Å². The van der Waals surface area contributed by atoms with E-state index in [4.69, 9.17) is 0 Å². The number of aromatic hydroxyl groups is 1. The van der Waals surface area contributed by atoms with E-state index in [9.17, 15) is 9.90 Å². The third-order valence-electron chi connectivity index (χ3n) is 3.82. The first-order valence-electron chi connectivity index (χ1n) is 7.31. The standard InChI is InChI=1S/C18H22O2/c1-14-11-12-18(20)17(14)10-5-3-2-4-7-15-8-6-9-16(19)13-15/h2-3,6,8-9,13,19H,4-5,7,10-12H2,1H3. The molecule has 0 amide bonds. The average Bonchev–Trinajstić information content (AvgIpc) is 2.74. The van der Waals surface area contributed by atoms with E-state index in [0.717, 1.165) is 43.2 Å². The molecule has 2 nitrogen and oxygen atoms in total. The van der Waals surface area contributed by atoms with Crippen LogP contribution >= 0.6 is 0 Å². The molecule has 0 radical (unpaired) electrons. The number of allylic oxidation sites excluding steroid dienone is 4. The van der Waals surface area contributed by atoms with Crippen molar-refractivity contribution in [3.05, 3.63) is 53.1 Å². The minimum absolute atomic E-state index is 0.327. The molecule has 106 valence electrons. The summed E-state index contributed by atoms with van der Waals surface area (Å²) in [7, 11) is 0. The number of aryl methyl sites for hydroxylation is 1. The van der Waals surface area contributed by atoms with Crippen LogP contribution in [-0.2, 0) is 11.2 Å². The largest absolute Gasteiger partial charge is 0.508 e. The van der Waals surface area contributed by atoms with Crippen molar-refractivity contribution in [1.29, 1.82) is 0 Å². The normalized spacial score (nSPS) is 15.6. The van der Waals surface area contributed by atoms with Gasteiger partial charge in [-0.3, -0.25) is 4.79 Å². The fourth-order valence-corrected chi connectivity index (χ4v) is 2.62. The maximum Gasteiger partial charge on any atom is 0.159 e. The topological polar surface area (TPSA) is 37.3 Å². The Morgan fingerprint density at radius 3 is 2.55 bits per heavy atom. The lowest BCUT2D eigenvalue weighted by atomic mass is 10.1. The second kappa shape index (κ2) is 7.09. The first-order chi connectivity index (χ1) is 9.66. The van der Waals surface area contributed by atoms with Crippen LogP contribution in [-0.4, -0.2) is 10.9 Å². The molecule has 2 rings (SSSR count). The van der Waals surface area contributed by atoms with E-state index < -0.39 is 0 Å². The van der Waals surface area contributed by atoms with Gasteiger partial charge in [0.05, 0.1) is 0 Å². The van der Waals surface area contributed by atoms with Crippen molar-refractivity contribution >= 4 is 5.78 Å². The highest BCUT2D eigenvalue weighted by molar-refractivity contribution is 5.98. The van der Waals surface area contributed by atoms with Crippen LogP contribution in [0.15, 0.2) is 47.6 Å². The number of hydrogen-bond donors (Lipinski definition) is 1. The summed E-state index contributed by atoms with van der Waals surface area (Å²) in [6.45, 7) is 2.08. The summed E-state index contributed by atoms with van der Waals surface area (Å²) in [6.07, 6.45) is 9.72. The Hall–Kier alpha value is -1.83. The molecule has 1 aromatic carbocycles. The smallest absolute Gasteiger partial charge is 0.159 e. The van der Waals surface area contributed by atoms with Gasteiger partial charge in [-0.05, 0) is 62.3 Å². The number of phenols is 1. The minimum atomic E-state index is 0.327. The zero-order valence-electron chi connectivity index (χ0n) is 12.1. The van der Waals surface area contributed by atoms with E-state index in [0.29, 0.717) is 18.0 Å². The molecule has 0 spiro atoms. The lowest BCUT2D eigenvalue weighted by Crippen LogP contribution is -1.95. The number of hydrogen-bond acceptors (Lipinski definition) is 2. The van der Waals surface area contributed by atoms with Crippen LogP contribution in [0.1, 0.15) is 44.6 Å². The summed E-state index contributed by atoms with van der Waals surface area (Å²) >= 11 is 0. The predicted molar refractivity (Wildman–Crippen MR) is 81.7 cm³/mol. The first-order valence-corrected chi connectivity index (χ1v) is 7.31. The Kier molecular flexibility index (Phi) is 5.16. The highest BCUT2D eigenvalue weighted by atomic mass is 16.3. The number of rotatable bonds is 6. The Morgan fingerprint density at radius 2 is 1.90 bits per heavy atom. The zero-order chi connectivity index (χ0) is 14.4. The van der Waals surface area contributed by atoms with Gasteiger partial charge in [0.2, 0.25) is 0 Å². The van der Waals surface area contributed by atoms with E-state index in [2.05, 4.69) is 19.1 Å². The molecule has 1 aliphatic rings. The van der Waals surface area contributed by atoms with Crippen LogP contribution in [0, 0.1) is 0 Å². The van der Waals surface area contributed by atoms with Crippen LogP contribution in [0.25, 0.3) is 0 Å². The second-order valence-corrected chi connectivity index (χ2v) is 5.40. The van der Waals surface area contributed by atoms with Gasteiger partial charge in [-0.2, -0.15) is 0 Å². The molecule has 0 fully saturated rings. The number of benzene rings is 1. The lowest BCUT2D eigenvalue weighted by Gasteiger charge is -2.00. The first kappa shape index (κ1) is 14.6. The zero-order valence-corrected chi connectivity index (χ0v) is 12.1. The number of carbonyl (C=O) groups is 1. The van der Waals surface area contributed by atoms with Gasteiger partial charge in [0.15, 0.2) is 5.78 Å². The summed E-state index contributed by atoms with van der Waals surface area (Å²) in [4.78, 5) is 11.6.